The molecule has 1 N–H and O–H groups in total. The van der Waals surface area contributed by atoms with Gasteiger partial charge in [0, 0.05) is 29.0 Å². The maximum atomic E-state index is 12.4. The first-order valence-corrected chi connectivity index (χ1v) is 12.8. The number of pyridine rings is 1. The second-order valence-electron chi connectivity index (χ2n) is 7.22. The van der Waals surface area contributed by atoms with Gasteiger partial charge in [0.05, 0.1) is 22.9 Å². The number of hydrogen-bond donors (Lipinski definition) is 1. The molecule has 2 aromatic heterocycles. The van der Waals surface area contributed by atoms with Crippen molar-refractivity contribution in [3.8, 4) is 17.1 Å². The van der Waals surface area contributed by atoms with E-state index in [2.05, 4.69) is 20.5 Å². The fourth-order valence-corrected chi connectivity index (χ4v) is 6.01. The van der Waals surface area contributed by atoms with Crippen molar-refractivity contribution in [1.29, 1.82) is 0 Å². The Morgan fingerprint density at radius 2 is 2.03 bits per heavy atom. The molecule has 1 aromatic carbocycles. The van der Waals surface area contributed by atoms with Gasteiger partial charge in [0.15, 0.2) is 20.8 Å². The minimum atomic E-state index is -3.05. The largest absolute Gasteiger partial charge is 0.352 e. The fraction of sp³-hybridized carbons (Fsp3) is 0.300. The van der Waals surface area contributed by atoms with Gasteiger partial charge in [-0.05, 0) is 43.2 Å². The van der Waals surface area contributed by atoms with E-state index in [9.17, 15) is 13.2 Å². The summed E-state index contributed by atoms with van der Waals surface area (Å²) < 4.78 is 25.1. The number of nitrogens with one attached hydrogen (secondary N) is 1. The van der Waals surface area contributed by atoms with Crippen molar-refractivity contribution >= 4 is 39.1 Å². The van der Waals surface area contributed by atoms with Crippen LogP contribution < -0.4 is 5.32 Å². The lowest BCUT2D eigenvalue weighted by molar-refractivity contribution is -0.119. The first-order valence-electron chi connectivity index (χ1n) is 9.58. The number of carbonyl (C=O) groups excluding carboxylic acids is 1. The third-order valence-corrected chi connectivity index (χ3v) is 8.09. The predicted octanol–water partition coefficient (Wildman–Crippen LogP) is 2.69. The second kappa shape index (κ2) is 8.97. The average Bonchev–Trinajstić information content (AvgIpc) is 3.31. The van der Waals surface area contributed by atoms with E-state index in [1.807, 2.05) is 41.8 Å². The van der Waals surface area contributed by atoms with Crippen LogP contribution in [-0.4, -0.2) is 57.4 Å². The van der Waals surface area contributed by atoms with Gasteiger partial charge in [-0.1, -0.05) is 29.4 Å². The predicted molar refractivity (Wildman–Crippen MR) is 120 cm³/mol. The molecule has 0 bridgehead atoms. The molecule has 1 aliphatic rings. The Hall–Kier alpha value is -2.43. The summed E-state index contributed by atoms with van der Waals surface area (Å²) in [4.78, 5) is 16.5. The van der Waals surface area contributed by atoms with E-state index in [4.69, 9.17) is 11.6 Å². The number of amides is 1. The van der Waals surface area contributed by atoms with Gasteiger partial charge in [0.2, 0.25) is 5.91 Å². The Kier molecular flexibility index (Phi) is 6.31. The summed E-state index contributed by atoms with van der Waals surface area (Å²) in [5.74, 6) is 0.563. The Balaban J connectivity index is 1.60. The molecular weight excluding hydrogens is 458 g/mol. The topological polar surface area (TPSA) is 107 Å². The first kappa shape index (κ1) is 21.8. The number of carbonyl (C=O) groups is 1. The molecule has 1 amide bonds. The summed E-state index contributed by atoms with van der Waals surface area (Å²) in [6.07, 6.45) is 3.80. The number of halogens is 1. The van der Waals surface area contributed by atoms with E-state index in [1.54, 1.807) is 12.4 Å². The van der Waals surface area contributed by atoms with Crippen molar-refractivity contribution in [2.24, 2.45) is 0 Å². The second-order valence-corrected chi connectivity index (χ2v) is 10.8. The van der Waals surface area contributed by atoms with E-state index in [0.29, 0.717) is 22.4 Å². The van der Waals surface area contributed by atoms with Gasteiger partial charge in [0.1, 0.15) is 0 Å². The molecule has 11 heteroatoms. The Morgan fingerprint density at radius 1 is 1.26 bits per heavy atom. The smallest absolute Gasteiger partial charge is 0.230 e. The van der Waals surface area contributed by atoms with Gasteiger partial charge in [-0.3, -0.25) is 14.3 Å². The summed E-state index contributed by atoms with van der Waals surface area (Å²) in [5, 5.41) is 12.6. The molecule has 1 aliphatic heterocycles. The quantitative estimate of drug-likeness (QED) is 0.544. The number of rotatable bonds is 6. The summed E-state index contributed by atoms with van der Waals surface area (Å²) >= 11 is 7.58. The molecule has 0 unspecified atom stereocenters. The molecular formula is C20H20ClN5O3S2. The van der Waals surface area contributed by atoms with Gasteiger partial charge < -0.3 is 5.32 Å². The Morgan fingerprint density at radius 3 is 2.74 bits per heavy atom. The minimum absolute atomic E-state index is 0.00646. The van der Waals surface area contributed by atoms with Crippen LogP contribution in [0.2, 0.25) is 5.02 Å². The van der Waals surface area contributed by atoms with Crippen LogP contribution in [-0.2, 0) is 14.6 Å². The van der Waals surface area contributed by atoms with Crippen molar-refractivity contribution in [3.63, 3.8) is 0 Å². The molecule has 31 heavy (non-hydrogen) atoms. The Bertz CT molecular complexity index is 1210. The van der Waals surface area contributed by atoms with Gasteiger partial charge in [-0.2, -0.15) is 0 Å². The molecule has 0 spiro atoms. The van der Waals surface area contributed by atoms with Gasteiger partial charge in [-0.25, -0.2) is 8.42 Å². The SMILES string of the molecule is Cc1c(Cl)cccc1-n1c(SCC(=O)N[C@@H]2CCS(=O)(=O)C2)nnc1-c1ccncc1. The van der Waals surface area contributed by atoms with E-state index >= 15 is 0 Å². The lowest BCUT2D eigenvalue weighted by atomic mass is 10.2. The zero-order valence-corrected chi connectivity index (χ0v) is 19.0. The Labute approximate surface area is 189 Å². The molecule has 0 radical (unpaired) electrons. The summed E-state index contributed by atoms with van der Waals surface area (Å²) in [6.45, 7) is 1.91. The van der Waals surface area contributed by atoms with Crippen LogP contribution in [0, 0.1) is 6.92 Å². The van der Waals surface area contributed by atoms with E-state index < -0.39 is 9.84 Å². The van der Waals surface area contributed by atoms with Gasteiger partial charge in [0.25, 0.3) is 0 Å². The van der Waals surface area contributed by atoms with Crippen LogP contribution in [0.1, 0.15) is 12.0 Å². The van der Waals surface area contributed by atoms with E-state index in [-0.39, 0.29) is 29.2 Å². The highest BCUT2D eigenvalue weighted by Gasteiger charge is 2.29. The number of nitrogens with zero attached hydrogens (tertiary/aromatic N) is 4. The van der Waals surface area contributed by atoms with Crippen LogP contribution in [0.4, 0.5) is 0 Å². The number of benzene rings is 1. The van der Waals surface area contributed by atoms with E-state index in [0.717, 1.165) is 16.8 Å². The van der Waals surface area contributed by atoms with Crippen molar-refractivity contribution in [2.75, 3.05) is 17.3 Å². The van der Waals surface area contributed by atoms with Crippen molar-refractivity contribution in [2.45, 2.75) is 24.5 Å². The third-order valence-electron chi connectivity index (χ3n) is 4.98. The molecule has 0 aliphatic carbocycles. The number of thioether (sulfide) groups is 1. The average molecular weight is 478 g/mol. The fourth-order valence-electron chi connectivity index (χ4n) is 3.42. The van der Waals surface area contributed by atoms with Crippen LogP contribution in [0.5, 0.6) is 0 Å². The van der Waals surface area contributed by atoms with Crippen LogP contribution in [0.25, 0.3) is 17.1 Å². The number of hydrogen-bond acceptors (Lipinski definition) is 7. The zero-order chi connectivity index (χ0) is 22.0. The monoisotopic (exact) mass is 477 g/mol. The molecule has 162 valence electrons. The minimum Gasteiger partial charge on any atom is -0.352 e. The molecule has 3 aromatic rings. The molecule has 4 rings (SSSR count). The first-order chi connectivity index (χ1) is 14.8. The molecule has 1 saturated heterocycles. The van der Waals surface area contributed by atoms with E-state index in [1.165, 1.54) is 11.8 Å². The summed E-state index contributed by atoms with van der Waals surface area (Å²) in [7, 11) is -3.05. The summed E-state index contributed by atoms with van der Waals surface area (Å²) in [6, 6.07) is 8.92. The third kappa shape index (κ3) is 4.91. The standard InChI is InChI=1S/C20H20ClN5O3S2/c1-13-16(21)3-2-4-17(13)26-19(14-5-8-22-9-6-14)24-25-20(26)30-11-18(27)23-15-7-10-31(28,29)12-15/h2-6,8-9,15H,7,10-12H2,1H3,(H,23,27)/t15-/m1/s1. The van der Waals surface area contributed by atoms with Crippen LogP contribution in [0.15, 0.2) is 47.9 Å². The molecule has 0 saturated carbocycles. The number of sulfone groups is 1. The van der Waals surface area contributed by atoms with Crippen molar-refractivity contribution < 1.29 is 13.2 Å². The van der Waals surface area contributed by atoms with Gasteiger partial charge in [-0.15, -0.1) is 10.2 Å². The lowest BCUT2D eigenvalue weighted by Gasteiger charge is -2.14. The van der Waals surface area contributed by atoms with Crippen LogP contribution >= 0.6 is 23.4 Å². The molecule has 1 fully saturated rings. The zero-order valence-electron chi connectivity index (χ0n) is 16.7. The van der Waals surface area contributed by atoms with Crippen molar-refractivity contribution in [3.05, 3.63) is 53.3 Å². The maximum Gasteiger partial charge on any atom is 0.230 e. The normalized spacial score (nSPS) is 17.5. The number of aromatic nitrogens is 4. The molecule has 1 atom stereocenters. The highest BCUT2D eigenvalue weighted by Crippen LogP contribution is 2.31. The molecule has 3 heterocycles. The summed E-state index contributed by atoms with van der Waals surface area (Å²) in [5.41, 5.74) is 2.50. The lowest BCUT2D eigenvalue weighted by Crippen LogP contribution is -2.36. The van der Waals surface area contributed by atoms with Gasteiger partial charge >= 0.3 is 0 Å². The highest BCUT2D eigenvalue weighted by atomic mass is 35.5. The highest BCUT2D eigenvalue weighted by molar-refractivity contribution is 7.99. The maximum absolute atomic E-state index is 12.4. The molecule has 8 nitrogen and oxygen atoms in total. The van der Waals surface area contributed by atoms with Crippen molar-refractivity contribution in [1.82, 2.24) is 25.1 Å². The van der Waals surface area contributed by atoms with Crippen LogP contribution in [0.3, 0.4) is 0 Å².